The van der Waals surface area contributed by atoms with Gasteiger partial charge in [0.25, 0.3) is 0 Å². The van der Waals surface area contributed by atoms with Gasteiger partial charge in [-0.1, -0.05) is 296 Å². The molecule has 2 heterocycles. The summed E-state index contributed by atoms with van der Waals surface area (Å²) in [6.07, 6.45) is 49.4. The van der Waals surface area contributed by atoms with Gasteiger partial charge in [-0.25, -0.2) is 0 Å². The van der Waals surface area contributed by atoms with E-state index in [2.05, 4.69) is 31.3 Å². The van der Waals surface area contributed by atoms with Crippen LogP contribution in [0.25, 0.3) is 0 Å². The molecule has 83 heavy (non-hydrogen) atoms. The maximum atomic E-state index is 13.4. The molecule has 1 amide bonds. The van der Waals surface area contributed by atoms with Crippen LogP contribution in [0.5, 0.6) is 0 Å². The molecule has 2 rings (SSSR count). The highest BCUT2D eigenvalue weighted by Crippen LogP contribution is 2.30. The second kappa shape index (κ2) is 54.8. The first-order chi connectivity index (χ1) is 40.6. The van der Waals surface area contributed by atoms with Crippen molar-refractivity contribution < 1.29 is 64.6 Å². The van der Waals surface area contributed by atoms with Gasteiger partial charge in [-0.3, -0.25) is 4.79 Å². The van der Waals surface area contributed by atoms with Gasteiger partial charge in [0.15, 0.2) is 12.6 Å². The van der Waals surface area contributed by atoms with Crippen LogP contribution in [0.4, 0.5) is 0 Å². The summed E-state index contributed by atoms with van der Waals surface area (Å²) in [7, 11) is 0. The van der Waals surface area contributed by atoms with Gasteiger partial charge < -0.3 is 65.1 Å². The molecule has 12 unspecified atom stereocenters. The number of amides is 1. The molecule has 9 N–H and O–H groups in total. The van der Waals surface area contributed by atoms with E-state index in [0.717, 1.165) is 51.4 Å². The molecule has 0 aromatic heterocycles. The summed E-state index contributed by atoms with van der Waals surface area (Å²) in [4.78, 5) is 13.4. The van der Waals surface area contributed by atoms with Gasteiger partial charge in [0, 0.05) is 6.42 Å². The number of rotatable bonds is 59. The lowest BCUT2D eigenvalue weighted by Gasteiger charge is -2.46. The Morgan fingerprint density at radius 2 is 0.759 bits per heavy atom. The molecule has 0 aromatic rings. The molecule has 2 saturated heterocycles. The highest BCUT2D eigenvalue weighted by Gasteiger charge is 2.51. The van der Waals surface area contributed by atoms with E-state index >= 15 is 0 Å². The van der Waals surface area contributed by atoms with E-state index in [4.69, 9.17) is 18.9 Å². The third kappa shape index (κ3) is 39.4. The summed E-state index contributed by atoms with van der Waals surface area (Å²) in [5, 5.41) is 87.6. The van der Waals surface area contributed by atoms with Crippen molar-refractivity contribution in [1.29, 1.82) is 0 Å². The number of ether oxygens (including phenoxy) is 4. The van der Waals surface area contributed by atoms with Gasteiger partial charge >= 0.3 is 0 Å². The minimum absolute atomic E-state index is 0.199. The normalized spacial score (nSPS) is 23.8. The fraction of sp³-hybridized carbons (Fsp3) is 0.957. The minimum Gasteiger partial charge on any atom is -0.394 e. The largest absolute Gasteiger partial charge is 0.394 e. The van der Waals surface area contributed by atoms with E-state index in [1.54, 1.807) is 0 Å². The number of hydrogen-bond acceptors (Lipinski definition) is 13. The molecule has 2 fully saturated rings. The number of aliphatic hydroxyl groups excluding tert-OH is 8. The standard InChI is InChI=1S/C69H133NO13/c1-3-5-7-9-11-13-15-17-19-21-23-25-27-28-29-30-31-33-35-37-39-41-43-45-47-49-51-53-61(74)70-57(56-80-68-66(79)64(77)67(60(55-72)82-68)83-69-65(78)63(76)62(75)59(54-71)81-69)58(73)52-50-48-46-44-42-40-38-36-34-32-26-24-22-20-18-16-14-12-10-8-6-4-2/h21,23,57-60,62-69,71-73,75-79H,3-20,22,24-56H2,1-2H3,(H,70,74)/b23-21-. The number of allylic oxidation sites excluding steroid dienone is 2. The molecule has 12 atom stereocenters. The number of hydrogen-bond donors (Lipinski definition) is 9. The summed E-state index contributed by atoms with van der Waals surface area (Å²) < 4.78 is 22.9. The van der Waals surface area contributed by atoms with Crippen molar-refractivity contribution >= 4 is 5.91 Å². The number of carbonyl (C=O) groups excluding carboxylic acids is 1. The molecule has 0 aromatic carbocycles. The third-order valence-corrected chi connectivity index (χ3v) is 17.7. The Hall–Kier alpha value is -1.27. The molecule has 492 valence electrons. The highest BCUT2D eigenvalue weighted by atomic mass is 16.7. The number of unbranched alkanes of at least 4 members (excludes halogenated alkanes) is 44. The van der Waals surface area contributed by atoms with E-state index in [0.29, 0.717) is 12.8 Å². The summed E-state index contributed by atoms with van der Waals surface area (Å²) in [6, 6.07) is -0.826. The molecule has 0 spiro atoms. The van der Waals surface area contributed by atoms with Crippen molar-refractivity contribution in [3.05, 3.63) is 12.2 Å². The maximum Gasteiger partial charge on any atom is 0.220 e. The van der Waals surface area contributed by atoms with E-state index in [9.17, 15) is 45.6 Å². The van der Waals surface area contributed by atoms with Crippen LogP contribution in [-0.4, -0.2) is 140 Å². The quantitative estimate of drug-likeness (QED) is 0.0204. The minimum atomic E-state index is -1.78. The van der Waals surface area contributed by atoms with Crippen molar-refractivity contribution in [2.75, 3.05) is 19.8 Å². The lowest BCUT2D eigenvalue weighted by Crippen LogP contribution is -2.65. The first kappa shape index (κ1) is 77.8. The Balaban J connectivity index is 1.66. The molecule has 0 radical (unpaired) electrons. The van der Waals surface area contributed by atoms with E-state index in [1.807, 2.05) is 0 Å². The Labute approximate surface area is 507 Å². The van der Waals surface area contributed by atoms with Crippen LogP contribution in [-0.2, 0) is 23.7 Å². The van der Waals surface area contributed by atoms with Crippen molar-refractivity contribution in [3.63, 3.8) is 0 Å². The maximum absolute atomic E-state index is 13.4. The zero-order chi connectivity index (χ0) is 60.2. The number of nitrogens with one attached hydrogen (secondary N) is 1. The number of carbonyl (C=O) groups is 1. The predicted molar refractivity (Wildman–Crippen MR) is 337 cm³/mol. The average molecular weight is 1180 g/mol. The lowest BCUT2D eigenvalue weighted by atomic mass is 9.97. The first-order valence-electron chi connectivity index (χ1n) is 35.4. The fourth-order valence-corrected chi connectivity index (χ4v) is 12.1. The molecule has 0 bridgehead atoms. The fourth-order valence-electron chi connectivity index (χ4n) is 12.1. The van der Waals surface area contributed by atoms with Crippen LogP contribution in [0.15, 0.2) is 12.2 Å². The van der Waals surface area contributed by atoms with E-state index in [1.165, 1.54) is 250 Å². The zero-order valence-corrected chi connectivity index (χ0v) is 53.5. The number of aliphatic hydroxyl groups is 8. The Morgan fingerprint density at radius 1 is 0.422 bits per heavy atom. The molecule has 2 aliphatic heterocycles. The molecule has 14 heteroatoms. The summed E-state index contributed by atoms with van der Waals surface area (Å²) in [5.41, 5.74) is 0. The second-order valence-corrected chi connectivity index (χ2v) is 25.4. The molecule has 0 aliphatic carbocycles. The summed E-state index contributed by atoms with van der Waals surface area (Å²) >= 11 is 0. The second-order valence-electron chi connectivity index (χ2n) is 25.4. The van der Waals surface area contributed by atoms with Crippen molar-refractivity contribution in [1.82, 2.24) is 5.32 Å². The van der Waals surface area contributed by atoms with Crippen molar-refractivity contribution in [2.45, 2.75) is 402 Å². The van der Waals surface area contributed by atoms with Crippen LogP contribution in [0, 0.1) is 0 Å². The highest BCUT2D eigenvalue weighted by molar-refractivity contribution is 5.76. The van der Waals surface area contributed by atoms with E-state index in [-0.39, 0.29) is 12.5 Å². The van der Waals surface area contributed by atoms with Gasteiger partial charge in [0.2, 0.25) is 5.91 Å². The van der Waals surface area contributed by atoms with Gasteiger partial charge in [0.05, 0.1) is 32.0 Å². The van der Waals surface area contributed by atoms with Gasteiger partial charge in [-0.05, 0) is 38.5 Å². The Bertz CT molecular complexity index is 1440. The monoisotopic (exact) mass is 1180 g/mol. The average Bonchev–Trinajstić information content (AvgIpc) is 3.65. The van der Waals surface area contributed by atoms with Crippen molar-refractivity contribution in [3.8, 4) is 0 Å². The molecule has 2 aliphatic rings. The molecule has 0 saturated carbocycles. The Morgan fingerprint density at radius 3 is 1.14 bits per heavy atom. The van der Waals surface area contributed by atoms with Crippen molar-refractivity contribution in [2.24, 2.45) is 0 Å². The third-order valence-electron chi connectivity index (χ3n) is 17.7. The molecular formula is C69H133NO13. The van der Waals surface area contributed by atoms with E-state index < -0.39 is 86.8 Å². The summed E-state index contributed by atoms with van der Waals surface area (Å²) in [6.45, 7) is 2.92. The first-order valence-corrected chi connectivity index (χ1v) is 35.4. The van der Waals surface area contributed by atoms with Gasteiger partial charge in [-0.2, -0.15) is 0 Å². The Kier molecular flexibility index (Phi) is 51.4. The SMILES string of the molecule is CCCCCCCCCC/C=C\CCCCCCCCCCCCCCCCCC(=O)NC(COC1OC(CO)C(OC2OC(CO)C(O)C(O)C2O)C(O)C1O)C(O)CCCCCCCCCCCCCCCCCCCCCCCC. The van der Waals surface area contributed by atoms with Crippen LogP contribution in [0.3, 0.4) is 0 Å². The zero-order valence-electron chi connectivity index (χ0n) is 53.5. The van der Waals surface area contributed by atoms with Crippen LogP contribution in [0.1, 0.15) is 328 Å². The smallest absolute Gasteiger partial charge is 0.220 e. The molecule has 14 nitrogen and oxygen atoms in total. The van der Waals surface area contributed by atoms with Gasteiger partial charge in [0.1, 0.15) is 48.8 Å². The topological polar surface area (TPSA) is 228 Å². The van der Waals surface area contributed by atoms with Crippen LogP contribution in [0.2, 0.25) is 0 Å². The predicted octanol–water partition coefficient (Wildman–Crippen LogP) is 14.2. The summed E-state index contributed by atoms with van der Waals surface area (Å²) in [5.74, 6) is -0.199. The molecular weight excluding hydrogens is 1050 g/mol. The lowest BCUT2D eigenvalue weighted by molar-refractivity contribution is -0.359. The van der Waals surface area contributed by atoms with Crippen LogP contribution >= 0.6 is 0 Å². The van der Waals surface area contributed by atoms with Gasteiger partial charge in [-0.15, -0.1) is 0 Å². The van der Waals surface area contributed by atoms with Crippen LogP contribution < -0.4 is 5.32 Å².